The van der Waals surface area contributed by atoms with Gasteiger partial charge in [0.15, 0.2) is 0 Å². The Balaban J connectivity index is 1.87. The molecule has 4 nitrogen and oxygen atoms in total. The van der Waals surface area contributed by atoms with Gasteiger partial charge in [0.1, 0.15) is 5.69 Å². The van der Waals surface area contributed by atoms with Crippen molar-refractivity contribution in [1.82, 2.24) is 14.9 Å². The summed E-state index contributed by atoms with van der Waals surface area (Å²) in [5.41, 5.74) is 1.16. The van der Waals surface area contributed by atoms with E-state index in [-0.39, 0.29) is 17.6 Å². The predicted molar refractivity (Wildman–Crippen MR) is 71.4 cm³/mol. The molecule has 0 saturated carbocycles. The van der Waals surface area contributed by atoms with Gasteiger partial charge in [0, 0.05) is 18.9 Å². The summed E-state index contributed by atoms with van der Waals surface area (Å²) in [6.45, 7) is 0.663. The first-order valence-electron chi connectivity index (χ1n) is 6.59. The van der Waals surface area contributed by atoms with Crippen molar-refractivity contribution < 1.29 is 9.18 Å². The highest BCUT2D eigenvalue weighted by Gasteiger charge is 2.31. The van der Waals surface area contributed by atoms with E-state index in [4.69, 9.17) is 0 Å². The Bertz CT molecular complexity index is 618. The van der Waals surface area contributed by atoms with E-state index in [2.05, 4.69) is 9.97 Å². The minimum atomic E-state index is -0.632. The number of pyridine rings is 2. The molecule has 1 fully saturated rings. The normalized spacial score (nSPS) is 18.2. The molecule has 102 valence electrons. The topological polar surface area (TPSA) is 46.1 Å². The van der Waals surface area contributed by atoms with Gasteiger partial charge in [-0.15, -0.1) is 0 Å². The lowest BCUT2D eigenvalue weighted by atomic mass is 10.1. The molecular weight excluding hydrogens is 257 g/mol. The van der Waals surface area contributed by atoms with Crippen LogP contribution in [-0.2, 0) is 0 Å². The number of aromatic nitrogens is 2. The molecule has 0 aliphatic carbocycles. The van der Waals surface area contributed by atoms with Gasteiger partial charge in [-0.2, -0.15) is 4.39 Å². The third-order valence-electron chi connectivity index (χ3n) is 3.52. The molecule has 3 rings (SSSR count). The summed E-state index contributed by atoms with van der Waals surface area (Å²) in [6.07, 6.45) is 5.31. The second-order valence-electron chi connectivity index (χ2n) is 4.79. The summed E-state index contributed by atoms with van der Waals surface area (Å²) in [5.74, 6) is -0.858. The average molecular weight is 271 g/mol. The van der Waals surface area contributed by atoms with Crippen molar-refractivity contribution in [3.8, 4) is 0 Å². The maximum absolute atomic E-state index is 13.1. The van der Waals surface area contributed by atoms with E-state index in [1.165, 1.54) is 12.1 Å². The number of halogens is 1. The Morgan fingerprint density at radius 3 is 2.95 bits per heavy atom. The molecule has 1 atom stereocenters. The number of amides is 1. The van der Waals surface area contributed by atoms with Crippen LogP contribution in [0.1, 0.15) is 34.9 Å². The SMILES string of the molecule is O=C(c1cccc(F)n1)N1CCCC1c1cccnc1. The maximum Gasteiger partial charge on any atom is 0.273 e. The lowest BCUT2D eigenvalue weighted by Crippen LogP contribution is -2.31. The van der Waals surface area contributed by atoms with Gasteiger partial charge >= 0.3 is 0 Å². The first kappa shape index (κ1) is 12.7. The maximum atomic E-state index is 13.1. The molecule has 1 saturated heterocycles. The molecule has 0 spiro atoms. The highest BCUT2D eigenvalue weighted by atomic mass is 19.1. The summed E-state index contributed by atoms with van der Waals surface area (Å²) >= 11 is 0. The summed E-state index contributed by atoms with van der Waals surface area (Å²) in [4.78, 5) is 22.0. The molecule has 0 N–H and O–H groups in total. The van der Waals surface area contributed by atoms with Crippen LogP contribution in [0.3, 0.4) is 0 Å². The molecule has 2 aromatic heterocycles. The van der Waals surface area contributed by atoms with Crippen molar-refractivity contribution in [3.63, 3.8) is 0 Å². The van der Waals surface area contributed by atoms with Gasteiger partial charge in [0.25, 0.3) is 5.91 Å². The standard InChI is InChI=1S/C15H14FN3O/c16-14-7-1-5-12(18-14)15(20)19-9-3-6-13(19)11-4-2-8-17-10-11/h1-2,4-5,7-8,10,13H,3,6,9H2. The zero-order chi connectivity index (χ0) is 13.9. The number of carbonyl (C=O) groups excluding carboxylic acids is 1. The molecule has 20 heavy (non-hydrogen) atoms. The summed E-state index contributed by atoms with van der Waals surface area (Å²) in [6, 6.07) is 8.11. The lowest BCUT2D eigenvalue weighted by Gasteiger charge is -2.24. The smallest absolute Gasteiger partial charge is 0.273 e. The van der Waals surface area contributed by atoms with E-state index in [0.29, 0.717) is 6.54 Å². The van der Waals surface area contributed by atoms with Crippen LogP contribution in [0.4, 0.5) is 4.39 Å². The molecule has 2 aromatic rings. The van der Waals surface area contributed by atoms with E-state index >= 15 is 0 Å². The van der Waals surface area contributed by atoms with Gasteiger partial charge in [-0.05, 0) is 36.6 Å². The monoisotopic (exact) mass is 271 g/mol. The van der Waals surface area contributed by atoms with Crippen molar-refractivity contribution in [3.05, 3.63) is 59.9 Å². The van der Waals surface area contributed by atoms with Gasteiger partial charge in [-0.1, -0.05) is 12.1 Å². The van der Waals surface area contributed by atoms with Crippen LogP contribution in [0.25, 0.3) is 0 Å². The molecular formula is C15H14FN3O. The Labute approximate surface area is 116 Å². The van der Waals surface area contributed by atoms with E-state index < -0.39 is 5.95 Å². The molecule has 1 aliphatic rings. The number of nitrogens with zero attached hydrogens (tertiary/aromatic N) is 3. The van der Waals surface area contributed by atoms with Gasteiger partial charge in [-0.25, -0.2) is 4.98 Å². The Kier molecular flexibility index (Phi) is 3.41. The molecule has 1 amide bonds. The van der Waals surface area contributed by atoms with Crippen LogP contribution < -0.4 is 0 Å². The van der Waals surface area contributed by atoms with E-state index in [1.807, 2.05) is 12.1 Å². The van der Waals surface area contributed by atoms with Gasteiger partial charge < -0.3 is 4.90 Å². The first-order valence-corrected chi connectivity index (χ1v) is 6.59. The summed E-state index contributed by atoms with van der Waals surface area (Å²) in [5, 5.41) is 0. The molecule has 0 radical (unpaired) electrons. The highest BCUT2D eigenvalue weighted by molar-refractivity contribution is 5.92. The van der Waals surface area contributed by atoms with E-state index in [9.17, 15) is 9.18 Å². The number of likely N-dealkylation sites (tertiary alicyclic amines) is 1. The molecule has 1 unspecified atom stereocenters. The van der Waals surface area contributed by atoms with E-state index in [1.54, 1.807) is 23.4 Å². The molecule has 3 heterocycles. The van der Waals surface area contributed by atoms with Crippen LogP contribution in [0, 0.1) is 5.95 Å². The molecule has 1 aliphatic heterocycles. The molecule has 0 aromatic carbocycles. The highest BCUT2D eigenvalue weighted by Crippen LogP contribution is 2.32. The van der Waals surface area contributed by atoms with Gasteiger partial charge in [0.2, 0.25) is 5.95 Å². The number of rotatable bonds is 2. The van der Waals surface area contributed by atoms with Gasteiger partial charge in [-0.3, -0.25) is 9.78 Å². The van der Waals surface area contributed by atoms with Crippen molar-refractivity contribution in [2.45, 2.75) is 18.9 Å². The van der Waals surface area contributed by atoms with E-state index in [0.717, 1.165) is 18.4 Å². The number of carbonyl (C=O) groups is 1. The fourth-order valence-corrected chi connectivity index (χ4v) is 2.60. The van der Waals surface area contributed by atoms with Gasteiger partial charge in [0.05, 0.1) is 6.04 Å². The Morgan fingerprint density at radius 2 is 2.20 bits per heavy atom. The number of hydrogen-bond acceptors (Lipinski definition) is 3. The second-order valence-corrected chi connectivity index (χ2v) is 4.79. The molecule has 0 bridgehead atoms. The Hall–Kier alpha value is -2.30. The zero-order valence-electron chi connectivity index (χ0n) is 10.9. The second kappa shape index (κ2) is 5.36. The van der Waals surface area contributed by atoms with Crippen molar-refractivity contribution in [1.29, 1.82) is 0 Å². The minimum absolute atomic E-state index is 0.00117. The predicted octanol–water partition coefficient (Wildman–Crippen LogP) is 2.59. The van der Waals surface area contributed by atoms with Crippen molar-refractivity contribution >= 4 is 5.91 Å². The first-order chi connectivity index (χ1) is 9.75. The number of hydrogen-bond donors (Lipinski definition) is 0. The quantitative estimate of drug-likeness (QED) is 0.789. The summed E-state index contributed by atoms with van der Waals surface area (Å²) < 4.78 is 13.1. The van der Waals surface area contributed by atoms with Crippen LogP contribution in [0.5, 0.6) is 0 Å². The van der Waals surface area contributed by atoms with Crippen molar-refractivity contribution in [2.24, 2.45) is 0 Å². The van der Waals surface area contributed by atoms with Crippen LogP contribution >= 0.6 is 0 Å². The molecule has 5 heteroatoms. The summed E-state index contributed by atoms with van der Waals surface area (Å²) in [7, 11) is 0. The fraction of sp³-hybridized carbons (Fsp3) is 0.267. The minimum Gasteiger partial charge on any atom is -0.330 e. The third-order valence-corrected chi connectivity index (χ3v) is 3.52. The van der Waals surface area contributed by atoms with Crippen molar-refractivity contribution in [2.75, 3.05) is 6.54 Å². The average Bonchev–Trinajstić information content (AvgIpc) is 2.97. The largest absolute Gasteiger partial charge is 0.330 e. The third kappa shape index (κ3) is 2.39. The lowest BCUT2D eigenvalue weighted by molar-refractivity contribution is 0.0728. The zero-order valence-corrected chi connectivity index (χ0v) is 10.9. The van der Waals surface area contributed by atoms with Crippen LogP contribution in [0.2, 0.25) is 0 Å². The Morgan fingerprint density at radius 1 is 1.30 bits per heavy atom. The van der Waals surface area contributed by atoms with Crippen LogP contribution in [-0.4, -0.2) is 27.3 Å². The fourth-order valence-electron chi connectivity index (χ4n) is 2.60. The van der Waals surface area contributed by atoms with Crippen LogP contribution in [0.15, 0.2) is 42.7 Å².